The average molecular weight is 391 g/mol. The molecule has 0 bridgehead atoms. The first-order chi connectivity index (χ1) is 9.49. The molecule has 0 aliphatic heterocycles. The topological polar surface area (TPSA) is 35.2 Å². The predicted molar refractivity (Wildman–Crippen MR) is 90.8 cm³/mol. The largest absolute Gasteiger partial charge is 0.487 e. The third-order valence-electron chi connectivity index (χ3n) is 2.60. The minimum Gasteiger partial charge on any atom is -0.487 e. The lowest BCUT2D eigenvalue weighted by Crippen LogP contribution is -2.12. The van der Waals surface area contributed by atoms with E-state index in [1.807, 2.05) is 24.3 Å². The summed E-state index contributed by atoms with van der Waals surface area (Å²) in [6.45, 7) is 0.315. The molecule has 0 spiro atoms. The molecule has 2 aromatic rings. The van der Waals surface area contributed by atoms with E-state index >= 15 is 0 Å². The van der Waals surface area contributed by atoms with E-state index in [1.54, 1.807) is 12.1 Å². The van der Waals surface area contributed by atoms with Gasteiger partial charge in [0.1, 0.15) is 17.3 Å². The summed E-state index contributed by atoms with van der Waals surface area (Å²) >= 11 is 20.5. The molecule has 2 aromatic carbocycles. The van der Waals surface area contributed by atoms with Crippen molar-refractivity contribution in [3.63, 3.8) is 0 Å². The van der Waals surface area contributed by atoms with Gasteiger partial charge in [0.15, 0.2) is 0 Å². The van der Waals surface area contributed by atoms with E-state index in [9.17, 15) is 0 Å². The first kappa shape index (κ1) is 15.6. The van der Waals surface area contributed by atoms with Gasteiger partial charge in [0, 0.05) is 15.6 Å². The molecule has 104 valence electrons. The number of halogens is 3. The predicted octanol–water partition coefficient (Wildman–Crippen LogP) is 4.97. The van der Waals surface area contributed by atoms with Crippen LogP contribution in [0.25, 0.3) is 0 Å². The second-order valence-electron chi connectivity index (χ2n) is 4.01. The van der Waals surface area contributed by atoms with E-state index in [0.29, 0.717) is 32.4 Å². The molecule has 6 heteroatoms. The van der Waals surface area contributed by atoms with Crippen LogP contribution in [0.3, 0.4) is 0 Å². The molecule has 0 unspecified atom stereocenters. The number of nitrogens with two attached hydrogens (primary N) is 1. The van der Waals surface area contributed by atoms with Gasteiger partial charge < -0.3 is 10.5 Å². The Morgan fingerprint density at radius 1 is 1.25 bits per heavy atom. The van der Waals surface area contributed by atoms with Gasteiger partial charge >= 0.3 is 0 Å². The zero-order valence-corrected chi connectivity index (χ0v) is 14.1. The van der Waals surface area contributed by atoms with Gasteiger partial charge in [-0.25, -0.2) is 0 Å². The second kappa shape index (κ2) is 6.76. The molecule has 0 aliphatic carbocycles. The number of ether oxygens (including phenoxy) is 1. The quantitative estimate of drug-likeness (QED) is 0.748. The van der Waals surface area contributed by atoms with Crippen LogP contribution in [0.4, 0.5) is 0 Å². The Morgan fingerprint density at radius 2 is 1.95 bits per heavy atom. The zero-order valence-electron chi connectivity index (χ0n) is 10.2. The molecule has 0 heterocycles. The van der Waals surface area contributed by atoms with Crippen LogP contribution < -0.4 is 10.5 Å². The molecule has 0 saturated carbocycles. The third kappa shape index (κ3) is 3.64. The normalized spacial score (nSPS) is 10.3. The Labute approximate surface area is 141 Å². The smallest absolute Gasteiger partial charge is 0.144 e. The van der Waals surface area contributed by atoms with Crippen LogP contribution in [0, 0.1) is 0 Å². The van der Waals surface area contributed by atoms with E-state index in [-0.39, 0.29) is 4.99 Å². The van der Waals surface area contributed by atoms with Gasteiger partial charge in [-0.15, -0.1) is 0 Å². The van der Waals surface area contributed by atoms with E-state index in [2.05, 4.69) is 15.9 Å². The lowest BCUT2D eigenvalue weighted by atomic mass is 10.2. The standard InChI is InChI=1S/C14H10BrCl2NOS/c15-11-6-9(16)5-10(14(18)20)13(11)19-7-8-3-1-2-4-12(8)17/h1-6H,7H2,(H2,18,20). The van der Waals surface area contributed by atoms with Gasteiger partial charge in [0.25, 0.3) is 0 Å². The van der Waals surface area contributed by atoms with E-state index < -0.39 is 0 Å². The summed E-state index contributed by atoms with van der Waals surface area (Å²) in [6.07, 6.45) is 0. The van der Waals surface area contributed by atoms with Crippen molar-refractivity contribution in [1.82, 2.24) is 0 Å². The van der Waals surface area contributed by atoms with Crippen molar-refractivity contribution in [1.29, 1.82) is 0 Å². The molecule has 0 saturated heterocycles. The summed E-state index contributed by atoms with van der Waals surface area (Å²) < 4.78 is 6.49. The van der Waals surface area contributed by atoms with Crippen LogP contribution in [0.1, 0.15) is 11.1 Å². The van der Waals surface area contributed by atoms with Crippen molar-refractivity contribution in [2.24, 2.45) is 5.73 Å². The highest BCUT2D eigenvalue weighted by Crippen LogP contribution is 2.33. The fraction of sp³-hybridized carbons (Fsp3) is 0.0714. The van der Waals surface area contributed by atoms with Crippen LogP contribution in [0.15, 0.2) is 40.9 Å². The minimum atomic E-state index is 0.224. The fourth-order valence-electron chi connectivity index (χ4n) is 1.66. The highest BCUT2D eigenvalue weighted by atomic mass is 79.9. The van der Waals surface area contributed by atoms with Crippen LogP contribution in [0.2, 0.25) is 10.0 Å². The average Bonchev–Trinajstić information content (AvgIpc) is 2.38. The molecule has 0 radical (unpaired) electrons. The molecule has 0 atom stereocenters. The summed E-state index contributed by atoms with van der Waals surface area (Å²) in [6, 6.07) is 10.9. The summed E-state index contributed by atoms with van der Waals surface area (Å²) in [4.78, 5) is 0.224. The Kier molecular flexibility index (Phi) is 5.27. The van der Waals surface area contributed by atoms with Gasteiger partial charge in [-0.05, 0) is 34.1 Å². The van der Waals surface area contributed by atoms with Crippen LogP contribution >= 0.6 is 51.3 Å². The Morgan fingerprint density at radius 3 is 2.60 bits per heavy atom. The molecule has 0 fully saturated rings. The summed E-state index contributed by atoms with van der Waals surface area (Å²) in [5, 5.41) is 1.18. The monoisotopic (exact) mass is 389 g/mol. The third-order valence-corrected chi connectivity index (χ3v) is 4.00. The first-order valence-corrected chi connectivity index (χ1v) is 7.60. The SMILES string of the molecule is NC(=S)c1cc(Cl)cc(Br)c1OCc1ccccc1Cl. The van der Waals surface area contributed by atoms with Gasteiger partial charge in [-0.1, -0.05) is 53.6 Å². The molecular weight excluding hydrogens is 381 g/mol. The summed E-state index contributed by atoms with van der Waals surface area (Å²) in [7, 11) is 0. The van der Waals surface area contributed by atoms with E-state index in [0.717, 1.165) is 5.56 Å². The molecule has 0 aliphatic rings. The minimum absolute atomic E-state index is 0.224. The highest BCUT2D eigenvalue weighted by Gasteiger charge is 2.13. The molecule has 0 amide bonds. The summed E-state index contributed by atoms with van der Waals surface area (Å²) in [5.41, 5.74) is 7.17. The van der Waals surface area contributed by atoms with Crippen molar-refractivity contribution in [2.45, 2.75) is 6.61 Å². The highest BCUT2D eigenvalue weighted by molar-refractivity contribution is 9.10. The van der Waals surface area contributed by atoms with Crippen molar-refractivity contribution in [2.75, 3.05) is 0 Å². The maximum atomic E-state index is 6.09. The Hall–Kier alpha value is -0.810. The molecular formula is C14H10BrCl2NOS. The Balaban J connectivity index is 2.30. The van der Waals surface area contributed by atoms with Gasteiger partial charge in [0.05, 0.1) is 10.0 Å². The lowest BCUT2D eigenvalue weighted by Gasteiger charge is -2.14. The van der Waals surface area contributed by atoms with Crippen LogP contribution in [-0.4, -0.2) is 4.99 Å². The van der Waals surface area contributed by atoms with Crippen LogP contribution in [0.5, 0.6) is 5.75 Å². The maximum Gasteiger partial charge on any atom is 0.144 e. The molecule has 2 rings (SSSR count). The van der Waals surface area contributed by atoms with Gasteiger partial charge in [-0.2, -0.15) is 0 Å². The van der Waals surface area contributed by atoms with Crippen molar-refractivity contribution in [3.05, 3.63) is 62.0 Å². The first-order valence-electron chi connectivity index (χ1n) is 5.64. The van der Waals surface area contributed by atoms with E-state index in [1.165, 1.54) is 0 Å². The zero-order chi connectivity index (χ0) is 14.7. The number of benzene rings is 2. The molecule has 0 aromatic heterocycles. The number of hydrogen-bond acceptors (Lipinski definition) is 2. The number of rotatable bonds is 4. The lowest BCUT2D eigenvalue weighted by molar-refractivity contribution is 0.304. The molecule has 2 N–H and O–H groups in total. The van der Waals surface area contributed by atoms with Crippen molar-refractivity contribution >= 4 is 56.3 Å². The van der Waals surface area contributed by atoms with Gasteiger partial charge in [-0.3, -0.25) is 0 Å². The van der Waals surface area contributed by atoms with Gasteiger partial charge in [0.2, 0.25) is 0 Å². The number of thiocarbonyl (C=S) groups is 1. The Bertz CT molecular complexity index is 664. The summed E-state index contributed by atoms with van der Waals surface area (Å²) in [5.74, 6) is 0.557. The van der Waals surface area contributed by atoms with Crippen LogP contribution in [-0.2, 0) is 6.61 Å². The van der Waals surface area contributed by atoms with Crippen molar-refractivity contribution in [3.8, 4) is 5.75 Å². The fourth-order valence-corrected chi connectivity index (χ4v) is 2.92. The maximum absolute atomic E-state index is 6.09. The second-order valence-corrected chi connectivity index (χ2v) is 6.15. The number of hydrogen-bond donors (Lipinski definition) is 1. The van der Waals surface area contributed by atoms with E-state index in [4.69, 9.17) is 45.9 Å². The molecule has 20 heavy (non-hydrogen) atoms. The van der Waals surface area contributed by atoms with Crippen molar-refractivity contribution < 1.29 is 4.74 Å². The molecule has 2 nitrogen and oxygen atoms in total.